The van der Waals surface area contributed by atoms with Crippen molar-refractivity contribution in [1.82, 2.24) is 10.3 Å². The smallest absolute Gasteiger partial charge is 0.106 e. The highest BCUT2D eigenvalue weighted by Crippen LogP contribution is 2.21. The zero-order chi connectivity index (χ0) is 13.8. The van der Waals surface area contributed by atoms with Crippen molar-refractivity contribution in [2.75, 3.05) is 26.9 Å². The van der Waals surface area contributed by atoms with Gasteiger partial charge < -0.3 is 14.8 Å². The second kappa shape index (κ2) is 5.87. The predicted octanol–water partition coefficient (Wildman–Crippen LogP) is 2.13. The standard InChI is InChI=1S/C16H20N2O2/c1-19-16(6-8-20-12-16)11-17-10-13-4-5-15-14(9-13)3-2-7-18-15/h2-5,7,9,17H,6,8,10-12H2,1H3. The Hall–Kier alpha value is -1.49. The molecule has 3 rings (SSSR count). The molecule has 0 radical (unpaired) electrons. The molecule has 1 atom stereocenters. The topological polar surface area (TPSA) is 43.4 Å². The maximum atomic E-state index is 5.61. The van der Waals surface area contributed by atoms with Gasteiger partial charge in [0.1, 0.15) is 5.60 Å². The lowest BCUT2D eigenvalue weighted by atomic mass is 10.0. The molecule has 106 valence electrons. The van der Waals surface area contributed by atoms with Crippen LogP contribution in [0, 0.1) is 0 Å². The number of pyridine rings is 1. The summed E-state index contributed by atoms with van der Waals surface area (Å²) < 4.78 is 11.0. The molecule has 1 aliphatic rings. The van der Waals surface area contributed by atoms with Gasteiger partial charge in [0, 0.05) is 44.8 Å². The van der Waals surface area contributed by atoms with E-state index in [0.29, 0.717) is 6.61 Å². The van der Waals surface area contributed by atoms with Gasteiger partial charge in [0.25, 0.3) is 0 Å². The van der Waals surface area contributed by atoms with Gasteiger partial charge in [-0.25, -0.2) is 0 Å². The van der Waals surface area contributed by atoms with E-state index in [1.807, 2.05) is 12.3 Å². The second-order valence-corrected chi connectivity index (χ2v) is 5.32. The van der Waals surface area contributed by atoms with Gasteiger partial charge in [0.15, 0.2) is 0 Å². The first kappa shape index (κ1) is 13.5. The monoisotopic (exact) mass is 272 g/mol. The quantitative estimate of drug-likeness (QED) is 0.905. The lowest BCUT2D eigenvalue weighted by Gasteiger charge is -2.26. The predicted molar refractivity (Wildman–Crippen MR) is 78.6 cm³/mol. The van der Waals surface area contributed by atoms with Gasteiger partial charge in [-0.15, -0.1) is 0 Å². The van der Waals surface area contributed by atoms with E-state index in [1.54, 1.807) is 7.11 Å². The molecule has 0 bridgehead atoms. The molecule has 4 heteroatoms. The van der Waals surface area contributed by atoms with Crippen molar-refractivity contribution in [2.24, 2.45) is 0 Å². The van der Waals surface area contributed by atoms with E-state index in [2.05, 4.69) is 34.6 Å². The molecule has 2 heterocycles. The highest BCUT2D eigenvalue weighted by atomic mass is 16.5. The molecule has 1 aromatic carbocycles. The minimum atomic E-state index is -0.154. The number of fused-ring (bicyclic) bond motifs is 1. The highest BCUT2D eigenvalue weighted by molar-refractivity contribution is 5.78. The lowest BCUT2D eigenvalue weighted by Crippen LogP contribution is -2.42. The zero-order valence-electron chi connectivity index (χ0n) is 11.8. The first-order chi connectivity index (χ1) is 9.81. The molecule has 0 spiro atoms. The number of nitrogens with one attached hydrogen (secondary N) is 1. The number of aromatic nitrogens is 1. The van der Waals surface area contributed by atoms with Crippen molar-refractivity contribution in [3.8, 4) is 0 Å². The van der Waals surface area contributed by atoms with Crippen LogP contribution < -0.4 is 5.32 Å². The van der Waals surface area contributed by atoms with Crippen LogP contribution in [0.1, 0.15) is 12.0 Å². The number of methoxy groups -OCH3 is 1. The van der Waals surface area contributed by atoms with Gasteiger partial charge in [-0.1, -0.05) is 12.1 Å². The average Bonchev–Trinajstić information content (AvgIpc) is 2.96. The second-order valence-electron chi connectivity index (χ2n) is 5.32. The van der Waals surface area contributed by atoms with Crippen LogP contribution in [-0.2, 0) is 16.0 Å². The molecule has 1 saturated heterocycles. The van der Waals surface area contributed by atoms with Crippen molar-refractivity contribution in [3.05, 3.63) is 42.1 Å². The molecular formula is C16H20N2O2. The van der Waals surface area contributed by atoms with E-state index in [4.69, 9.17) is 9.47 Å². The van der Waals surface area contributed by atoms with Gasteiger partial charge in [-0.05, 0) is 23.8 Å². The van der Waals surface area contributed by atoms with Crippen LogP contribution >= 0.6 is 0 Å². The van der Waals surface area contributed by atoms with Crippen LogP contribution in [0.15, 0.2) is 36.5 Å². The summed E-state index contributed by atoms with van der Waals surface area (Å²) >= 11 is 0. The van der Waals surface area contributed by atoms with Crippen LogP contribution in [0.25, 0.3) is 10.9 Å². The van der Waals surface area contributed by atoms with Crippen molar-refractivity contribution in [2.45, 2.75) is 18.6 Å². The van der Waals surface area contributed by atoms with Crippen molar-refractivity contribution >= 4 is 10.9 Å². The van der Waals surface area contributed by atoms with E-state index < -0.39 is 0 Å². The molecule has 1 N–H and O–H groups in total. The minimum Gasteiger partial charge on any atom is -0.378 e. The molecule has 0 saturated carbocycles. The highest BCUT2D eigenvalue weighted by Gasteiger charge is 2.34. The van der Waals surface area contributed by atoms with E-state index in [0.717, 1.165) is 31.6 Å². The fourth-order valence-electron chi connectivity index (χ4n) is 2.63. The Bertz CT molecular complexity index is 579. The molecule has 1 unspecified atom stereocenters. The minimum absolute atomic E-state index is 0.154. The fourth-order valence-corrected chi connectivity index (χ4v) is 2.63. The Labute approximate surface area is 119 Å². The van der Waals surface area contributed by atoms with Crippen molar-refractivity contribution < 1.29 is 9.47 Å². The number of benzene rings is 1. The van der Waals surface area contributed by atoms with Crippen LogP contribution in [0.2, 0.25) is 0 Å². The van der Waals surface area contributed by atoms with E-state index in [1.165, 1.54) is 10.9 Å². The SMILES string of the molecule is COC1(CNCc2ccc3ncccc3c2)CCOC1. The summed E-state index contributed by atoms with van der Waals surface area (Å²) in [6.07, 6.45) is 2.78. The average molecular weight is 272 g/mol. The number of nitrogens with zero attached hydrogens (tertiary/aromatic N) is 1. The fraction of sp³-hybridized carbons (Fsp3) is 0.438. The zero-order valence-corrected chi connectivity index (χ0v) is 11.8. The van der Waals surface area contributed by atoms with Crippen LogP contribution in [0.3, 0.4) is 0 Å². The van der Waals surface area contributed by atoms with Crippen LogP contribution in [0.5, 0.6) is 0 Å². The van der Waals surface area contributed by atoms with Crippen molar-refractivity contribution in [1.29, 1.82) is 0 Å². The van der Waals surface area contributed by atoms with Gasteiger partial charge >= 0.3 is 0 Å². The summed E-state index contributed by atoms with van der Waals surface area (Å²) in [5.41, 5.74) is 2.14. The first-order valence-electron chi connectivity index (χ1n) is 6.99. The summed E-state index contributed by atoms with van der Waals surface area (Å²) in [4.78, 5) is 4.33. The molecule has 0 amide bonds. The third-order valence-corrected chi connectivity index (χ3v) is 3.94. The summed E-state index contributed by atoms with van der Waals surface area (Å²) in [5, 5.41) is 4.65. The number of hydrogen-bond acceptors (Lipinski definition) is 4. The van der Waals surface area contributed by atoms with E-state index >= 15 is 0 Å². The first-order valence-corrected chi connectivity index (χ1v) is 6.99. The largest absolute Gasteiger partial charge is 0.378 e. The molecular weight excluding hydrogens is 252 g/mol. The molecule has 1 aliphatic heterocycles. The summed E-state index contributed by atoms with van der Waals surface area (Å²) in [7, 11) is 1.76. The third kappa shape index (κ3) is 2.82. The van der Waals surface area contributed by atoms with Gasteiger partial charge in [-0.2, -0.15) is 0 Å². The molecule has 1 fully saturated rings. The van der Waals surface area contributed by atoms with Crippen molar-refractivity contribution in [3.63, 3.8) is 0 Å². The number of rotatable bonds is 5. The molecule has 2 aromatic rings. The Morgan fingerprint density at radius 3 is 3.15 bits per heavy atom. The number of hydrogen-bond donors (Lipinski definition) is 1. The molecule has 0 aliphatic carbocycles. The normalized spacial score (nSPS) is 22.4. The number of ether oxygens (including phenoxy) is 2. The van der Waals surface area contributed by atoms with Gasteiger partial charge in [-0.3, -0.25) is 4.98 Å². The maximum absolute atomic E-state index is 5.61. The third-order valence-electron chi connectivity index (χ3n) is 3.94. The van der Waals surface area contributed by atoms with Gasteiger partial charge in [0.05, 0.1) is 12.1 Å². The van der Waals surface area contributed by atoms with Gasteiger partial charge in [0.2, 0.25) is 0 Å². The Kier molecular flexibility index (Phi) is 3.96. The maximum Gasteiger partial charge on any atom is 0.106 e. The van der Waals surface area contributed by atoms with Crippen LogP contribution in [-0.4, -0.2) is 37.5 Å². The Morgan fingerprint density at radius 2 is 2.35 bits per heavy atom. The lowest BCUT2D eigenvalue weighted by molar-refractivity contribution is -0.0159. The Morgan fingerprint density at radius 1 is 1.40 bits per heavy atom. The molecule has 4 nitrogen and oxygen atoms in total. The molecule has 20 heavy (non-hydrogen) atoms. The molecule has 1 aromatic heterocycles. The summed E-state index contributed by atoms with van der Waals surface area (Å²) in [6, 6.07) is 10.4. The van der Waals surface area contributed by atoms with E-state index in [-0.39, 0.29) is 5.60 Å². The summed E-state index contributed by atoms with van der Waals surface area (Å²) in [5.74, 6) is 0. The van der Waals surface area contributed by atoms with Crippen LogP contribution in [0.4, 0.5) is 0 Å². The Balaban J connectivity index is 1.62. The van der Waals surface area contributed by atoms with E-state index in [9.17, 15) is 0 Å². The summed E-state index contributed by atoms with van der Waals surface area (Å²) in [6.45, 7) is 3.11.